The van der Waals surface area contributed by atoms with E-state index in [4.69, 9.17) is 4.74 Å². The number of ether oxygens (including phenoxy) is 1. The Morgan fingerprint density at radius 2 is 1.82 bits per heavy atom. The summed E-state index contributed by atoms with van der Waals surface area (Å²) in [6.45, 7) is 8.10. The monoisotopic (exact) mass is 504 g/mol. The molecule has 3 aromatic carbocycles. The summed E-state index contributed by atoms with van der Waals surface area (Å²) in [6.07, 6.45) is 5.03. The van der Waals surface area contributed by atoms with Crippen LogP contribution in [0.1, 0.15) is 54.1 Å². The van der Waals surface area contributed by atoms with E-state index in [1.807, 2.05) is 18.2 Å². The van der Waals surface area contributed by atoms with Crippen LogP contribution in [0.25, 0.3) is 23.1 Å². The number of rotatable bonds is 5. The summed E-state index contributed by atoms with van der Waals surface area (Å²) in [4.78, 5) is 15.4. The Morgan fingerprint density at radius 3 is 2.63 bits per heavy atom. The highest BCUT2D eigenvalue weighted by atomic mass is 16.5. The van der Waals surface area contributed by atoms with E-state index in [9.17, 15) is 4.79 Å². The Bertz CT molecular complexity index is 1560. The summed E-state index contributed by atoms with van der Waals surface area (Å²) in [5.74, 6) is 0.314. The summed E-state index contributed by atoms with van der Waals surface area (Å²) < 4.78 is 5.53. The lowest BCUT2D eigenvalue weighted by Gasteiger charge is -2.41. The zero-order valence-electron chi connectivity index (χ0n) is 21.8. The van der Waals surface area contributed by atoms with Crippen LogP contribution >= 0.6 is 0 Å². The quantitative estimate of drug-likeness (QED) is 0.367. The molecule has 2 fully saturated rings. The van der Waals surface area contributed by atoms with E-state index in [0.717, 1.165) is 66.1 Å². The minimum Gasteiger partial charge on any atom is -0.379 e. The predicted molar refractivity (Wildman–Crippen MR) is 151 cm³/mol. The minimum absolute atomic E-state index is 0.0243. The Balaban J connectivity index is 1.09. The number of hydrogen-bond acceptors (Lipinski definition) is 4. The van der Waals surface area contributed by atoms with E-state index < -0.39 is 5.41 Å². The van der Waals surface area contributed by atoms with E-state index in [-0.39, 0.29) is 17.4 Å². The first-order chi connectivity index (χ1) is 18.5. The number of anilines is 1. The van der Waals surface area contributed by atoms with Gasteiger partial charge in [0.1, 0.15) is 0 Å². The average molecular weight is 505 g/mol. The second-order valence-electron chi connectivity index (χ2n) is 11.3. The number of benzene rings is 3. The molecule has 1 amide bonds. The molecule has 2 N–H and O–H groups in total. The third-order valence-electron chi connectivity index (χ3n) is 8.89. The summed E-state index contributed by atoms with van der Waals surface area (Å²) in [7, 11) is 0. The van der Waals surface area contributed by atoms with Gasteiger partial charge < -0.3 is 10.1 Å². The summed E-state index contributed by atoms with van der Waals surface area (Å²) in [6, 6.07) is 23.3. The first-order valence-electron chi connectivity index (χ1n) is 13.5. The van der Waals surface area contributed by atoms with Gasteiger partial charge in [0.05, 0.1) is 29.8 Å². The number of H-pyrrole nitrogens is 1. The number of aromatic amines is 1. The highest BCUT2D eigenvalue weighted by Crippen LogP contribution is 2.65. The second kappa shape index (κ2) is 8.65. The minimum atomic E-state index is -0.421. The lowest BCUT2D eigenvalue weighted by molar-refractivity contribution is -0.118. The molecule has 2 aliphatic heterocycles. The molecule has 1 spiro atoms. The highest BCUT2D eigenvalue weighted by molar-refractivity contribution is 6.09. The molecule has 1 aromatic heterocycles. The molecule has 7 rings (SSSR count). The van der Waals surface area contributed by atoms with Crippen LogP contribution < -0.4 is 5.32 Å². The van der Waals surface area contributed by atoms with Gasteiger partial charge in [0.2, 0.25) is 5.91 Å². The fourth-order valence-corrected chi connectivity index (χ4v) is 6.44. The average Bonchev–Trinajstić information content (AvgIpc) is 3.48. The van der Waals surface area contributed by atoms with Crippen LogP contribution in [-0.4, -0.2) is 47.3 Å². The fraction of sp³-hybridized carbons (Fsp3) is 0.312. The maximum Gasteiger partial charge on any atom is 0.235 e. The van der Waals surface area contributed by atoms with Gasteiger partial charge in [0.25, 0.3) is 0 Å². The molecule has 0 radical (unpaired) electrons. The maximum atomic E-state index is 12.9. The number of morpholine rings is 1. The normalized spacial score (nSPS) is 23.3. The van der Waals surface area contributed by atoms with Crippen molar-refractivity contribution in [1.29, 1.82) is 0 Å². The Labute approximate surface area is 222 Å². The van der Waals surface area contributed by atoms with Crippen molar-refractivity contribution in [2.45, 2.75) is 37.1 Å². The predicted octanol–water partition coefficient (Wildman–Crippen LogP) is 5.68. The number of carbonyl (C=O) groups is 1. The largest absolute Gasteiger partial charge is 0.379 e. The summed E-state index contributed by atoms with van der Waals surface area (Å²) >= 11 is 0. The molecule has 3 aliphatic rings. The molecule has 38 heavy (non-hydrogen) atoms. The van der Waals surface area contributed by atoms with Crippen LogP contribution in [0.15, 0.2) is 66.7 Å². The zero-order valence-corrected chi connectivity index (χ0v) is 21.8. The van der Waals surface area contributed by atoms with Crippen LogP contribution in [0.3, 0.4) is 0 Å². The third kappa shape index (κ3) is 3.62. The maximum absolute atomic E-state index is 12.9. The number of nitrogens with zero attached hydrogens (tertiary/aromatic N) is 2. The molecule has 3 heterocycles. The summed E-state index contributed by atoms with van der Waals surface area (Å²) in [5, 5.41) is 11.9. The molecule has 192 valence electrons. The molecule has 4 aromatic rings. The number of fused-ring (bicyclic) bond motifs is 3. The lowest BCUT2D eigenvalue weighted by Crippen LogP contribution is -2.47. The number of nitrogens with one attached hydrogen (secondary N) is 2. The van der Waals surface area contributed by atoms with Gasteiger partial charge in [-0.3, -0.25) is 14.8 Å². The number of para-hydroxylation sites is 1. The second-order valence-corrected chi connectivity index (χ2v) is 11.3. The molecule has 1 saturated heterocycles. The van der Waals surface area contributed by atoms with E-state index in [1.165, 1.54) is 11.1 Å². The van der Waals surface area contributed by atoms with Crippen LogP contribution in [0.2, 0.25) is 0 Å². The molecule has 6 heteroatoms. The first kappa shape index (κ1) is 23.4. The molecule has 0 bridgehead atoms. The topological polar surface area (TPSA) is 70.2 Å². The van der Waals surface area contributed by atoms with Crippen LogP contribution in [-0.2, 0) is 20.5 Å². The van der Waals surface area contributed by atoms with Crippen LogP contribution in [0.5, 0.6) is 0 Å². The van der Waals surface area contributed by atoms with Crippen molar-refractivity contribution in [3.8, 4) is 0 Å². The zero-order chi connectivity index (χ0) is 25.9. The Kier molecular flexibility index (Phi) is 5.32. The number of hydrogen-bond donors (Lipinski definition) is 2. The van der Waals surface area contributed by atoms with Crippen LogP contribution in [0.4, 0.5) is 5.69 Å². The van der Waals surface area contributed by atoms with Crippen molar-refractivity contribution in [2.24, 2.45) is 0 Å². The van der Waals surface area contributed by atoms with Crippen molar-refractivity contribution in [3.63, 3.8) is 0 Å². The fourth-order valence-electron chi connectivity index (χ4n) is 6.44. The summed E-state index contributed by atoms with van der Waals surface area (Å²) in [5.41, 5.74) is 7.18. The van der Waals surface area contributed by atoms with E-state index in [2.05, 4.69) is 94.9 Å². The Morgan fingerprint density at radius 1 is 1.03 bits per heavy atom. The van der Waals surface area contributed by atoms with Crippen molar-refractivity contribution in [2.75, 3.05) is 31.6 Å². The SMILES string of the molecule is CC(C)(c1ccc(C=Cc2n[nH]c3cc([C@@H]4C[C@@]45C(=O)Nc4ccccc45)ccc23)cc1)N1CCOCC1. The van der Waals surface area contributed by atoms with Gasteiger partial charge in [-0.2, -0.15) is 5.10 Å². The van der Waals surface area contributed by atoms with E-state index in [1.54, 1.807) is 0 Å². The van der Waals surface area contributed by atoms with Gasteiger partial charge in [-0.25, -0.2) is 0 Å². The van der Waals surface area contributed by atoms with Crippen molar-refractivity contribution >= 4 is 34.6 Å². The lowest BCUT2D eigenvalue weighted by atomic mass is 9.91. The van der Waals surface area contributed by atoms with Gasteiger partial charge in [-0.05, 0) is 60.7 Å². The van der Waals surface area contributed by atoms with Crippen molar-refractivity contribution < 1.29 is 9.53 Å². The van der Waals surface area contributed by atoms with Crippen LogP contribution in [0, 0.1) is 0 Å². The molecule has 1 saturated carbocycles. The van der Waals surface area contributed by atoms with Gasteiger partial charge >= 0.3 is 0 Å². The molecule has 1 aliphatic carbocycles. The number of amides is 1. The molecular weight excluding hydrogens is 472 g/mol. The van der Waals surface area contributed by atoms with Gasteiger partial charge in [-0.15, -0.1) is 0 Å². The molecule has 2 atom stereocenters. The van der Waals surface area contributed by atoms with Crippen molar-refractivity contribution in [3.05, 3.63) is 94.7 Å². The van der Waals surface area contributed by atoms with Gasteiger partial charge in [0, 0.05) is 35.6 Å². The van der Waals surface area contributed by atoms with Crippen molar-refractivity contribution in [1.82, 2.24) is 15.1 Å². The first-order valence-corrected chi connectivity index (χ1v) is 13.5. The smallest absolute Gasteiger partial charge is 0.235 e. The number of aromatic nitrogens is 2. The van der Waals surface area contributed by atoms with Gasteiger partial charge in [-0.1, -0.05) is 60.7 Å². The standard InChI is InChI=1S/C32H32N4O2/c1-31(2,36-15-17-38-18-16-36)23-11-7-21(8-12-23)9-14-27-24-13-10-22(19-29(24)35-34-27)26-20-32(26)25-5-3-4-6-28(25)33-30(32)37/h3-14,19,26H,15-18,20H2,1-2H3,(H,33,37)(H,34,35)/t26-,32-/m0/s1. The molecular formula is C32H32N4O2. The Hall–Kier alpha value is -3.74. The van der Waals surface area contributed by atoms with E-state index in [0.29, 0.717) is 0 Å². The highest BCUT2D eigenvalue weighted by Gasteiger charge is 2.65. The molecule has 0 unspecified atom stereocenters. The molecule has 6 nitrogen and oxygen atoms in total. The third-order valence-corrected chi connectivity index (χ3v) is 8.89. The van der Waals surface area contributed by atoms with Gasteiger partial charge in [0.15, 0.2) is 0 Å². The van der Waals surface area contributed by atoms with E-state index >= 15 is 0 Å². The number of carbonyl (C=O) groups excluding carboxylic acids is 1.